The van der Waals surface area contributed by atoms with E-state index in [2.05, 4.69) is 31.9 Å². The van der Waals surface area contributed by atoms with Gasteiger partial charge >= 0.3 is 0 Å². The summed E-state index contributed by atoms with van der Waals surface area (Å²) in [7, 11) is 0. The summed E-state index contributed by atoms with van der Waals surface area (Å²) in [5.41, 5.74) is 6.61. The SMILES string of the molecule is NC(Cc1sccc1Br)c1c(F)cccc1Br. The van der Waals surface area contributed by atoms with Gasteiger partial charge in [-0.15, -0.1) is 11.3 Å². The molecule has 17 heavy (non-hydrogen) atoms. The number of hydrogen-bond acceptors (Lipinski definition) is 2. The van der Waals surface area contributed by atoms with Crippen LogP contribution in [0.15, 0.2) is 38.6 Å². The Morgan fingerprint density at radius 1 is 1.24 bits per heavy atom. The van der Waals surface area contributed by atoms with Gasteiger partial charge in [0.15, 0.2) is 0 Å². The lowest BCUT2D eigenvalue weighted by Crippen LogP contribution is -2.15. The summed E-state index contributed by atoms with van der Waals surface area (Å²) < 4.78 is 15.5. The third-order valence-electron chi connectivity index (χ3n) is 2.47. The molecular weight excluding hydrogens is 369 g/mol. The van der Waals surface area contributed by atoms with Gasteiger partial charge in [-0.1, -0.05) is 22.0 Å². The van der Waals surface area contributed by atoms with Crippen LogP contribution in [0.3, 0.4) is 0 Å². The number of rotatable bonds is 3. The van der Waals surface area contributed by atoms with Crippen LogP contribution in [0, 0.1) is 5.82 Å². The fourth-order valence-corrected chi connectivity index (χ4v) is 3.85. The predicted octanol–water partition coefficient (Wildman–Crippen LogP) is 4.65. The molecule has 2 N–H and O–H groups in total. The minimum atomic E-state index is -0.347. The van der Waals surface area contributed by atoms with Gasteiger partial charge in [-0.3, -0.25) is 0 Å². The van der Waals surface area contributed by atoms with Crippen LogP contribution in [-0.4, -0.2) is 0 Å². The molecule has 1 heterocycles. The topological polar surface area (TPSA) is 26.0 Å². The average Bonchev–Trinajstić information content (AvgIpc) is 2.64. The normalized spacial score (nSPS) is 12.7. The van der Waals surface area contributed by atoms with E-state index in [0.717, 1.165) is 13.8 Å². The van der Waals surface area contributed by atoms with E-state index in [1.54, 1.807) is 17.4 Å². The molecule has 0 bridgehead atoms. The molecule has 2 rings (SSSR count). The molecule has 0 saturated heterocycles. The zero-order valence-corrected chi connectivity index (χ0v) is 12.8. The lowest BCUT2D eigenvalue weighted by atomic mass is 10.0. The van der Waals surface area contributed by atoms with E-state index < -0.39 is 0 Å². The second kappa shape index (κ2) is 5.61. The van der Waals surface area contributed by atoms with Gasteiger partial charge < -0.3 is 5.73 Å². The summed E-state index contributed by atoms with van der Waals surface area (Å²) >= 11 is 8.42. The minimum Gasteiger partial charge on any atom is -0.324 e. The van der Waals surface area contributed by atoms with E-state index in [0.29, 0.717) is 12.0 Å². The maximum atomic E-state index is 13.7. The Morgan fingerprint density at radius 3 is 2.59 bits per heavy atom. The van der Waals surface area contributed by atoms with E-state index in [1.165, 1.54) is 6.07 Å². The molecule has 2 aromatic rings. The zero-order valence-electron chi connectivity index (χ0n) is 8.79. The van der Waals surface area contributed by atoms with Crippen LogP contribution in [0.25, 0.3) is 0 Å². The van der Waals surface area contributed by atoms with Gasteiger partial charge in [-0.2, -0.15) is 0 Å². The quantitative estimate of drug-likeness (QED) is 0.826. The Bertz CT molecular complexity index is 507. The molecule has 90 valence electrons. The van der Waals surface area contributed by atoms with Crippen LogP contribution in [0.5, 0.6) is 0 Å². The van der Waals surface area contributed by atoms with Gasteiger partial charge in [-0.05, 0) is 39.5 Å². The lowest BCUT2D eigenvalue weighted by Gasteiger charge is -2.14. The summed E-state index contributed by atoms with van der Waals surface area (Å²) in [6, 6.07) is 6.53. The first-order valence-electron chi connectivity index (χ1n) is 5.01. The Labute approximate surface area is 120 Å². The van der Waals surface area contributed by atoms with Crippen molar-refractivity contribution in [3.8, 4) is 0 Å². The third kappa shape index (κ3) is 2.96. The number of nitrogens with two attached hydrogens (primary N) is 1. The van der Waals surface area contributed by atoms with Crippen LogP contribution in [-0.2, 0) is 6.42 Å². The highest BCUT2D eigenvalue weighted by molar-refractivity contribution is 9.10. The number of halogens is 3. The second-order valence-electron chi connectivity index (χ2n) is 3.64. The maximum Gasteiger partial charge on any atom is 0.129 e. The summed E-state index contributed by atoms with van der Waals surface area (Å²) in [4.78, 5) is 1.13. The van der Waals surface area contributed by atoms with E-state index in [4.69, 9.17) is 5.73 Å². The zero-order chi connectivity index (χ0) is 12.4. The third-order valence-corrected chi connectivity index (χ3v) is 5.11. The van der Waals surface area contributed by atoms with Gasteiger partial charge in [0.25, 0.3) is 0 Å². The molecule has 0 saturated carbocycles. The molecule has 0 aliphatic heterocycles. The second-order valence-corrected chi connectivity index (χ2v) is 6.35. The monoisotopic (exact) mass is 377 g/mol. The molecular formula is C12H10Br2FNS. The standard InChI is InChI=1S/C12H10Br2FNS/c13-7-4-5-17-11(7)6-10(16)12-8(14)2-1-3-9(12)15/h1-5,10H,6,16H2. The van der Waals surface area contributed by atoms with Crippen molar-refractivity contribution in [2.45, 2.75) is 12.5 Å². The molecule has 0 fully saturated rings. The van der Waals surface area contributed by atoms with Crippen LogP contribution in [0.1, 0.15) is 16.5 Å². The van der Waals surface area contributed by atoms with Gasteiger partial charge in [-0.25, -0.2) is 4.39 Å². The smallest absolute Gasteiger partial charge is 0.129 e. The number of thiophene rings is 1. The van der Waals surface area contributed by atoms with Crippen molar-refractivity contribution in [1.29, 1.82) is 0 Å². The maximum absolute atomic E-state index is 13.7. The fourth-order valence-electron chi connectivity index (χ4n) is 1.64. The Balaban J connectivity index is 2.26. The summed E-state index contributed by atoms with van der Waals surface area (Å²) in [6.07, 6.45) is 0.623. The minimum absolute atomic E-state index is 0.264. The van der Waals surface area contributed by atoms with Crippen molar-refractivity contribution in [3.63, 3.8) is 0 Å². The van der Waals surface area contributed by atoms with Crippen molar-refractivity contribution in [2.24, 2.45) is 5.73 Å². The lowest BCUT2D eigenvalue weighted by molar-refractivity contribution is 0.579. The van der Waals surface area contributed by atoms with Gasteiger partial charge in [0, 0.05) is 31.8 Å². The molecule has 0 spiro atoms. The first kappa shape index (κ1) is 13.2. The number of benzene rings is 1. The highest BCUT2D eigenvalue weighted by Crippen LogP contribution is 2.31. The molecule has 1 aromatic heterocycles. The van der Waals surface area contributed by atoms with Gasteiger partial charge in [0.2, 0.25) is 0 Å². The molecule has 0 aliphatic rings. The molecule has 0 aliphatic carbocycles. The van der Waals surface area contributed by atoms with Crippen LogP contribution < -0.4 is 5.73 Å². The molecule has 0 radical (unpaired) electrons. The molecule has 1 atom stereocenters. The first-order valence-corrected chi connectivity index (χ1v) is 7.47. The van der Waals surface area contributed by atoms with Crippen molar-refractivity contribution >= 4 is 43.2 Å². The van der Waals surface area contributed by atoms with Crippen LogP contribution in [0.4, 0.5) is 4.39 Å². The van der Waals surface area contributed by atoms with Gasteiger partial charge in [0.05, 0.1) is 0 Å². The van der Waals surface area contributed by atoms with E-state index in [-0.39, 0.29) is 11.9 Å². The van der Waals surface area contributed by atoms with E-state index in [9.17, 15) is 4.39 Å². The van der Waals surface area contributed by atoms with Crippen molar-refractivity contribution in [1.82, 2.24) is 0 Å². The molecule has 5 heteroatoms. The molecule has 0 amide bonds. The predicted molar refractivity (Wildman–Crippen MR) is 76.8 cm³/mol. The Morgan fingerprint density at radius 2 is 2.00 bits per heavy atom. The van der Waals surface area contributed by atoms with Crippen LogP contribution in [0.2, 0.25) is 0 Å². The fraction of sp³-hybridized carbons (Fsp3) is 0.167. The summed E-state index contributed by atoms with van der Waals surface area (Å²) in [5, 5.41) is 1.99. The van der Waals surface area contributed by atoms with Crippen molar-refractivity contribution < 1.29 is 4.39 Å². The van der Waals surface area contributed by atoms with E-state index in [1.807, 2.05) is 17.5 Å². The number of hydrogen-bond donors (Lipinski definition) is 1. The highest BCUT2D eigenvalue weighted by atomic mass is 79.9. The Hall–Kier alpha value is -0.230. The largest absolute Gasteiger partial charge is 0.324 e. The molecule has 1 nitrogen and oxygen atoms in total. The highest BCUT2D eigenvalue weighted by Gasteiger charge is 2.16. The van der Waals surface area contributed by atoms with Crippen molar-refractivity contribution in [2.75, 3.05) is 0 Å². The first-order chi connectivity index (χ1) is 8.09. The molecule has 1 unspecified atom stereocenters. The van der Waals surface area contributed by atoms with Gasteiger partial charge in [0.1, 0.15) is 5.82 Å². The summed E-state index contributed by atoms with van der Waals surface area (Å²) in [5.74, 6) is -0.264. The average molecular weight is 379 g/mol. The Kier molecular flexibility index (Phi) is 4.36. The van der Waals surface area contributed by atoms with Crippen molar-refractivity contribution in [3.05, 3.63) is 54.8 Å². The van der Waals surface area contributed by atoms with Crippen LogP contribution >= 0.6 is 43.2 Å². The molecule has 1 aromatic carbocycles. The van der Waals surface area contributed by atoms with E-state index >= 15 is 0 Å². The summed E-state index contributed by atoms with van der Waals surface area (Å²) in [6.45, 7) is 0.